The number of pyridine rings is 1. The van der Waals surface area contributed by atoms with Crippen LogP contribution in [0.15, 0.2) is 29.4 Å². The Morgan fingerprint density at radius 2 is 1.83 bits per heavy atom. The largest absolute Gasteiger partial charge is 0.390 e. The van der Waals surface area contributed by atoms with E-state index in [0.717, 1.165) is 22.8 Å². The highest BCUT2D eigenvalue weighted by Crippen LogP contribution is 2.57. The summed E-state index contributed by atoms with van der Waals surface area (Å²) in [4.78, 5) is 4.28. The Morgan fingerprint density at radius 1 is 1.17 bits per heavy atom. The Hall–Kier alpha value is -0.290. The molecular formula is C18H26ClNO2S. The number of hydrogen-bond acceptors (Lipinski definition) is 4. The number of hydrogen-bond donors (Lipinski definition) is 1. The summed E-state index contributed by atoms with van der Waals surface area (Å²) in [6, 6.07) is 5.88. The maximum absolute atomic E-state index is 10.2. The van der Waals surface area contributed by atoms with E-state index < -0.39 is 6.10 Å². The van der Waals surface area contributed by atoms with Gasteiger partial charge in [0.15, 0.2) is 0 Å². The summed E-state index contributed by atoms with van der Waals surface area (Å²) in [6.45, 7) is 0.478. The van der Waals surface area contributed by atoms with Crippen LogP contribution < -0.4 is 0 Å². The molecule has 4 bridgehead atoms. The van der Waals surface area contributed by atoms with Gasteiger partial charge < -0.3 is 9.84 Å². The third-order valence-corrected chi connectivity index (χ3v) is 6.71. The van der Waals surface area contributed by atoms with Crippen LogP contribution in [0.1, 0.15) is 38.5 Å². The fraction of sp³-hybridized carbons (Fsp3) is 0.722. The summed E-state index contributed by atoms with van der Waals surface area (Å²) in [5.74, 6) is 3.34. The zero-order chi connectivity index (χ0) is 15.0. The standard InChI is InChI=1S/C18H25NO2S.ClH/c20-16(12-22-17-3-1-2-4-19-17)11-21-18-8-13-5-14(9-18)7-15(6-13)10-18;/h1-4,13-16,20H,5-12H2;1H. The van der Waals surface area contributed by atoms with E-state index in [4.69, 9.17) is 4.74 Å². The van der Waals surface area contributed by atoms with E-state index in [2.05, 4.69) is 4.98 Å². The van der Waals surface area contributed by atoms with Crippen LogP contribution in [0.2, 0.25) is 0 Å². The van der Waals surface area contributed by atoms with E-state index in [-0.39, 0.29) is 18.0 Å². The Balaban J connectivity index is 0.00000156. The lowest BCUT2D eigenvalue weighted by Gasteiger charge is -2.56. The first-order valence-corrected chi connectivity index (χ1v) is 9.55. The maximum atomic E-state index is 10.2. The predicted octanol–water partition coefficient (Wildman–Crippen LogP) is 3.94. The molecule has 1 aromatic heterocycles. The van der Waals surface area contributed by atoms with Gasteiger partial charge in [-0.2, -0.15) is 0 Å². The van der Waals surface area contributed by atoms with Crippen LogP contribution in [0.4, 0.5) is 0 Å². The van der Waals surface area contributed by atoms with Gasteiger partial charge >= 0.3 is 0 Å². The van der Waals surface area contributed by atoms with Crippen LogP contribution in [0.3, 0.4) is 0 Å². The number of rotatable bonds is 6. The van der Waals surface area contributed by atoms with Gasteiger partial charge in [0.2, 0.25) is 0 Å². The Morgan fingerprint density at radius 3 is 2.39 bits per heavy atom. The van der Waals surface area contributed by atoms with Gasteiger partial charge in [0.1, 0.15) is 0 Å². The molecular weight excluding hydrogens is 330 g/mol. The molecule has 4 aliphatic rings. The Bertz CT molecular complexity index is 478. The monoisotopic (exact) mass is 355 g/mol. The molecule has 4 saturated carbocycles. The van der Waals surface area contributed by atoms with E-state index >= 15 is 0 Å². The quantitative estimate of drug-likeness (QED) is 0.785. The van der Waals surface area contributed by atoms with Crippen LogP contribution in [-0.2, 0) is 4.74 Å². The molecule has 4 aliphatic carbocycles. The van der Waals surface area contributed by atoms with Crippen molar-refractivity contribution >= 4 is 24.2 Å². The van der Waals surface area contributed by atoms with Crippen molar-refractivity contribution in [3.05, 3.63) is 24.4 Å². The first-order valence-electron chi connectivity index (χ1n) is 8.57. The van der Waals surface area contributed by atoms with Gasteiger partial charge in [0.05, 0.1) is 23.3 Å². The van der Waals surface area contributed by atoms with E-state index in [1.54, 1.807) is 18.0 Å². The number of aromatic nitrogens is 1. The van der Waals surface area contributed by atoms with Crippen molar-refractivity contribution in [1.82, 2.24) is 4.98 Å². The molecule has 5 rings (SSSR count). The van der Waals surface area contributed by atoms with Crippen molar-refractivity contribution in [2.24, 2.45) is 17.8 Å². The SMILES string of the molecule is Cl.OC(COC12CC3CC(CC(C3)C1)C2)CSc1ccccn1. The summed E-state index contributed by atoms with van der Waals surface area (Å²) >= 11 is 1.60. The molecule has 0 spiro atoms. The summed E-state index contributed by atoms with van der Waals surface area (Å²) in [5.41, 5.74) is 0.103. The molecule has 4 fully saturated rings. The second kappa shape index (κ2) is 7.30. The minimum Gasteiger partial charge on any atom is -0.390 e. The number of aliphatic hydroxyl groups is 1. The van der Waals surface area contributed by atoms with Crippen LogP contribution >= 0.6 is 24.2 Å². The van der Waals surface area contributed by atoms with Crippen molar-refractivity contribution in [3.8, 4) is 0 Å². The van der Waals surface area contributed by atoms with Crippen molar-refractivity contribution in [1.29, 1.82) is 0 Å². The normalized spacial score (nSPS) is 35.8. The molecule has 1 unspecified atom stereocenters. The highest BCUT2D eigenvalue weighted by molar-refractivity contribution is 7.99. The van der Waals surface area contributed by atoms with Crippen LogP contribution in [0, 0.1) is 17.8 Å². The summed E-state index contributed by atoms with van der Waals surface area (Å²) in [6.07, 6.45) is 9.39. The average molecular weight is 356 g/mol. The highest BCUT2D eigenvalue weighted by Gasteiger charge is 2.51. The number of aliphatic hydroxyl groups excluding tert-OH is 1. The van der Waals surface area contributed by atoms with E-state index in [9.17, 15) is 5.11 Å². The lowest BCUT2D eigenvalue weighted by atomic mass is 9.54. The van der Waals surface area contributed by atoms with Gasteiger partial charge in [-0.25, -0.2) is 4.98 Å². The van der Waals surface area contributed by atoms with Gasteiger partial charge in [0, 0.05) is 11.9 Å². The Labute approximate surface area is 149 Å². The van der Waals surface area contributed by atoms with Crippen molar-refractivity contribution in [3.63, 3.8) is 0 Å². The minimum atomic E-state index is -0.403. The maximum Gasteiger partial charge on any atom is 0.0960 e. The van der Waals surface area contributed by atoms with Crippen LogP contribution in [0.5, 0.6) is 0 Å². The molecule has 1 aromatic rings. The molecule has 0 aromatic carbocycles. The third kappa shape index (κ3) is 4.04. The zero-order valence-corrected chi connectivity index (χ0v) is 15.0. The topological polar surface area (TPSA) is 42.4 Å². The molecule has 0 radical (unpaired) electrons. The molecule has 0 saturated heterocycles. The molecule has 1 N–H and O–H groups in total. The second-order valence-corrected chi connectivity index (χ2v) is 8.58. The molecule has 0 aliphatic heterocycles. The van der Waals surface area contributed by atoms with Gasteiger partial charge in [0.25, 0.3) is 0 Å². The smallest absolute Gasteiger partial charge is 0.0960 e. The van der Waals surface area contributed by atoms with Gasteiger partial charge in [-0.3, -0.25) is 0 Å². The van der Waals surface area contributed by atoms with Crippen molar-refractivity contribution in [2.45, 2.75) is 55.3 Å². The Kier molecular flexibility index (Phi) is 5.57. The van der Waals surface area contributed by atoms with Crippen LogP contribution in [0.25, 0.3) is 0 Å². The summed E-state index contributed by atoms with van der Waals surface area (Å²) in [5, 5.41) is 11.2. The summed E-state index contributed by atoms with van der Waals surface area (Å²) < 4.78 is 6.31. The molecule has 128 valence electrons. The van der Waals surface area contributed by atoms with Crippen LogP contribution in [-0.4, -0.2) is 34.2 Å². The first kappa shape index (κ1) is 17.5. The van der Waals surface area contributed by atoms with E-state index in [1.807, 2.05) is 18.2 Å². The van der Waals surface area contributed by atoms with Crippen molar-refractivity contribution in [2.75, 3.05) is 12.4 Å². The highest BCUT2D eigenvalue weighted by atomic mass is 35.5. The lowest BCUT2D eigenvalue weighted by molar-refractivity contribution is -0.173. The third-order valence-electron chi connectivity index (χ3n) is 5.63. The minimum absolute atomic E-state index is 0. The van der Waals surface area contributed by atoms with E-state index in [1.165, 1.54) is 38.5 Å². The molecule has 0 amide bonds. The number of nitrogens with zero attached hydrogens (tertiary/aromatic N) is 1. The molecule has 23 heavy (non-hydrogen) atoms. The van der Waals surface area contributed by atoms with E-state index in [0.29, 0.717) is 12.4 Å². The fourth-order valence-corrected chi connectivity index (χ4v) is 5.91. The predicted molar refractivity (Wildman–Crippen MR) is 95.1 cm³/mol. The first-order chi connectivity index (χ1) is 10.7. The second-order valence-electron chi connectivity index (χ2n) is 7.54. The van der Waals surface area contributed by atoms with Gasteiger partial charge in [-0.15, -0.1) is 24.2 Å². The number of thioether (sulfide) groups is 1. The lowest BCUT2D eigenvalue weighted by Crippen LogP contribution is -2.52. The van der Waals surface area contributed by atoms with Gasteiger partial charge in [-0.05, 0) is 68.4 Å². The number of halogens is 1. The average Bonchev–Trinajstić information content (AvgIpc) is 2.51. The van der Waals surface area contributed by atoms with Gasteiger partial charge in [-0.1, -0.05) is 6.07 Å². The molecule has 3 nitrogen and oxygen atoms in total. The zero-order valence-electron chi connectivity index (χ0n) is 13.4. The number of ether oxygens (including phenoxy) is 1. The summed E-state index contributed by atoms with van der Waals surface area (Å²) in [7, 11) is 0. The molecule has 1 heterocycles. The fourth-order valence-electron chi connectivity index (χ4n) is 5.14. The molecule has 5 heteroatoms. The molecule has 1 atom stereocenters. The van der Waals surface area contributed by atoms with Crippen molar-refractivity contribution < 1.29 is 9.84 Å².